The van der Waals surface area contributed by atoms with E-state index in [1.165, 1.54) is 12.8 Å². The molecule has 1 aliphatic heterocycles. The molecular weight excluding hydrogens is 256 g/mol. The number of amides is 1. The van der Waals surface area contributed by atoms with Gasteiger partial charge in [-0.25, -0.2) is 9.97 Å². The fraction of sp³-hybridized carbons (Fsp3) is 0.643. The first-order chi connectivity index (χ1) is 9.70. The minimum absolute atomic E-state index is 0.259. The van der Waals surface area contributed by atoms with E-state index in [1.54, 1.807) is 6.20 Å². The van der Waals surface area contributed by atoms with E-state index >= 15 is 0 Å². The number of ether oxygens (including phenoxy) is 1. The largest absolute Gasteiger partial charge is 0.381 e. The summed E-state index contributed by atoms with van der Waals surface area (Å²) in [4.78, 5) is 20.6. The summed E-state index contributed by atoms with van der Waals surface area (Å²) in [6, 6.07) is 1.83. The number of carbonyl (C=O) groups excluding carboxylic acids is 1. The molecule has 1 saturated heterocycles. The standard InChI is InChI=1S/C14H20N4O2/c15-13(19)14(4-7-20-8-5-14)9-17-11-3-6-16-12(18-11)10-1-2-10/h3,6,10H,1-2,4-5,7-9H2,(H2,15,19)(H,16,17,18). The molecule has 2 heterocycles. The highest BCUT2D eigenvalue weighted by Crippen LogP contribution is 2.38. The third-order valence-electron chi connectivity index (χ3n) is 4.20. The molecule has 0 atom stereocenters. The van der Waals surface area contributed by atoms with Gasteiger partial charge in [0.25, 0.3) is 0 Å². The molecule has 1 aromatic rings. The number of nitrogens with zero attached hydrogens (tertiary/aromatic N) is 2. The molecule has 0 unspecified atom stereocenters. The maximum absolute atomic E-state index is 11.8. The van der Waals surface area contributed by atoms with Crippen LogP contribution in [-0.2, 0) is 9.53 Å². The Morgan fingerprint density at radius 2 is 2.20 bits per heavy atom. The lowest BCUT2D eigenvalue weighted by Crippen LogP contribution is -2.46. The van der Waals surface area contributed by atoms with Gasteiger partial charge in [0.05, 0.1) is 5.41 Å². The van der Waals surface area contributed by atoms with E-state index < -0.39 is 5.41 Å². The topological polar surface area (TPSA) is 90.1 Å². The molecule has 1 amide bonds. The average molecular weight is 276 g/mol. The first-order valence-electron chi connectivity index (χ1n) is 7.14. The number of hydrogen-bond acceptors (Lipinski definition) is 5. The molecule has 20 heavy (non-hydrogen) atoms. The van der Waals surface area contributed by atoms with Crippen LogP contribution in [0.2, 0.25) is 0 Å². The molecule has 2 aliphatic rings. The predicted molar refractivity (Wildman–Crippen MR) is 74.2 cm³/mol. The Bertz CT molecular complexity index is 496. The van der Waals surface area contributed by atoms with Crippen LogP contribution in [0.15, 0.2) is 12.3 Å². The Balaban J connectivity index is 1.67. The summed E-state index contributed by atoms with van der Waals surface area (Å²) in [6.07, 6.45) is 5.44. The summed E-state index contributed by atoms with van der Waals surface area (Å²) >= 11 is 0. The summed E-state index contributed by atoms with van der Waals surface area (Å²) in [6.45, 7) is 1.68. The minimum atomic E-state index is -0.525. The zero-order valence-electron chi connectivity index (χ0n) is 11.5. The lowest BCUT2D eigenvalue weighted by atomic mass is 9.79. The van der Waals surface area contributed by atoms with Crippen molar-refractivity contribution in [2.24, 2.45) is 11.1 Å². The van der Waals surface area contributed by atoms with Crippen molar-refractivity contribution in [3.8, 4) is 0 Å². The Morgan fingerprint density at radius 1 is 1.45 bits per heavy atom. The van der Waals surface area contributed by atoms with Gasteiger partial charge in [-0.3, -0.25) is 4.79 Å². The van der Waals surface area contributed by atoms with E-state index in [-0.39, 0.29) is 5.91 Å². The van der Waals surface area contributed by atoms with Crippen molar-refractivity contribution >= 4 is 11.7 Å². The number of aromatic nitrogens is 2. The molecule has 1 saturated carbocycles. The molecule has 0 bridgehead atoms. The molecule has 6 heteroatoms. The molecule has 1 aromatic heterocycles. The number of primary amides is 1. The smallest absolute Gasteiger partial charge is 0.225 e. The summed E-state index contributed by atoms with van der Waals surface area (Å²) < 4.78 is 5.32. The van der Waals surface area contributed by atoms with Gasteiger partial charge < -0.3 is 15.8 Å². The first kappa shape index (κ1) is 13.3. The van der Waals surface area contributed by atoms with Gasteiger partial charge in [-0.2, -0.15) is 0 Å². The molecule has 3 rings (SSSR count). The third kappa shape index (κ3) is 2.75. The quantitative estimate of drug-likeness (QED) is 0.839. The second-order valence-electron chi connectivity index (χ2n) is 5.68. The number of hydrogen-bond donors (Lipinski definition) is 2. The van der Waals surface area contributed by atoms with Crippen molar-refractivity contribution in [3.05, 3.63) is 18.1 Å². The van der Waals surface area contributed by atoms with Gasteiger partial charge in [0, 0.05) is 31.9 Å². The molecule has 1 aliphatic carbocycles. The SMILES string of the molecule is NC(=O)C1(CNc2ccnc(C3CC3)n2)CCOCC1. The zero-order valence-corrected chi connectivity index (χ0v) is 11.5. The summed E-state index contributed by atoms with van der Waals surface area (Å²) in [7, 11) is 0. The summed E-state index contributed by atoms with van der Waals surface area (Å²) in [5.74, 6) is 1.93. The molecule has 6 nitrogen and oxygen atoms in total. The van der Waals surface area contributed by atoms with Crippen LogP contribution in [-0.4, -0.2) is 35.6 Å². The number of rotatable bonds is 5. The van der Waals surface area contributed by atoms with E-state index in [9.17, 15) is 4.79 Å². The predicted octanol–water partition coefficient (Wildman–Crippen LogP) is 1.05. The van der Waals surface area contributed by atoms with Gasteiger partial charge in [0.15, 0.2) is 0 Å². The second kappa shape index (κ2) is 5.36. The minimum Gasteiger partial charge on any atom is -0.381 e. The number of nitrogens with one attached hydrogen (secondary N) is 1. The van der Waals surface area contributed by atoms with Gasteiger partial charge in [0.2, 0.25) is 5.91 Å². The lowest BCUT2D eigenvalue weighted by molar-refractivity contribution is -0.132. The van der Waals surface area contributed by atoms with Crippen LogP contribution in [0.4, 0.5) is 5.82 Å². The zero-order chi connectivity index (χ0) is 14.0. The molecule has 0 spiro atoms. The van der Waals surface area contributed by atoms with Crippen molar-refractivity contribution in [2.45, 2.75) is 31.6 Å². The molecule has 2 fully saturated rings. The molecule has 3 N–H and O–H groups in total. The first-order valence-corrected chi connectivity index (χ1v) is 7.14. The van der Waals surface area contributed by atoms with Crippen LogP contribution >= 0.6 is 0 Å². The fourth-order valence-corrected chi connectivity index (χ4v) is 2.54. The van der Waals surface area contributed by atoms with Crippen LogP contribution in [0.1, 0.15) is 37.4 Å². The molecular formula is C14H20N4O2. The molecule has 0 aromatic carbocycles. The monoisotopic (exact) mass is 276 g/mol. The highest BCUT2D eigenvalue weighted by Gasteiger charge is 2.38. The maximum Gasteiger partial charge on any atom is 0.225 e. The van der Waals surface area contributed by atoms with Crippen LogP contribution in [0.25, 0.3) is 0 Å². The van der Waals surface area contributed by atoms with Crippen molar-refractivity contribution in [2.75, 3.05) is 25.1 Å². The van der Waals surface area contributed by atoms with Crippen molar-refractivity contribution in [3.63, 3.8) is 0 Å². The Labute approximate surface area is 118 Å². The Kier molecular flexibility index (Phi) is 3.56. The van der Waals surface area contributed by atoms with Gasteiger partial charge in [-0.05, 0) is 31.7 Å². The van der Waals surface area contributed by atoms with Crippen molar-refractivity contribution in [1.29, 1.82) is 0 Å². The molecule has 108 valence electrons. The highest BCUT2D eigenvalue weighted by atomic mass is 16.5. The molecule has 0 radical (unpaired) electrons. The van der Waals surface area contributed by atoms with E-state index in [1.807, 2.05) is 6.07 Å². The van der Waals surface area contributed by atoms with Crippen LogP contribution in [0.5, 0.6) is 0 Å². The Hall–Kier alpha value is -1.69. The fourth-order valence-electron chi connectivity index (χ4n) is 2.54. The highest BCUT2D eigenvalue weighted by molar-refractivity contribution is 5.81. The van der Waals surface area contributed by atoms with Crippen LogP contribution in [0, 0.1) is 5.41 Å². The number of nitrogens with two attached hydrogens (primary N) is 1. The lowest BCUT2D eigenvalue weighted by Gasteiger charge is -2.34. The van der Waals surface area contributed by atoms with Crippen LogP contribution in [0.3, 0.4) is 0 Å². The normalized spacial score (nSPS) is 21.4. The van der Waals surface area contributed by atoms with Gasteiger partial charge in [-0.1, -0.05) is 0 Å². The summed E-state index contributed by atoms with van der Waals surface area (Å²) in [5, 5.41) is 3.25. The van der Waals surface area contributed by atoms with Crippen molar-refractivity contribution < 1.29 is 9.53 Å². The van der Waals surface area contributed by atoms with E-state index in [4.69, 9.17) is 10.5 Å². The van der Waals surface area contributed by atoms with Gasteiger partial charge in [0.1, 0.15) is 11.6 Å². The Morgan fingerprint density at radius 3 is 2.85 bits per heavy atom. The number of carbonyl (C=O) groups is 1. The van der Waals surface area contributed by atoms with Gasteiger partial charge >= 0.3 is 0 Å². The van der Waals surface area contributed by atoms with Crippen molar-refractivity contribution in [1.82, 2.24) is 9.97 Å². The van der Waals surface area contributed by atoms with E-state index in [0.29, 0.717) is 38.5 Å². The number of anilines is 1. The van der Waals surface area contributed by atoms with Gasteiger partial charge in [-0.15, -0.1) is 0 Å². The van der Waals surface area contributed by atoms with E-state index in [2.05, 4.69) is 15.3 Å². The maximum atomic E-state index is 11.8. The average Bonchev–Trinajstić information content (AvgIpc) is 3.31. The van der Waals surface area contributed by atoms with E-state index in [0.717, 1.165) is 11.6 Å². The third-order valence-corrected chi connectivity index (χ3v) is 4.20. The van der Waals surface area contributed by atoms with Crippen LogP contribution < -0.4 is 11.1 Å². The second-order valence-corrected chi connectivity index (χ2v) is 5.68. The summed E-state index contributed by atoms with van der Waals surface area (Å²) in [5.41, 5.74) is 5.06.